The third kappa shape index (κ3) is 2.48. The molecule has 0 fully saturated rings. The highest BCUT2D eigenvalue weighted by Crippen LogP contribution is 2.15. The molecule has 0 unspecified atom stereocenters. The third-order valence-electron chi connectivity index (χ3n) is 2.21. The molecule has 2 heterocycles. The van der Waals surface area contributed by atoms with Crippen LogP contribution in [0.4, 0.5) is 0 Å². The summed E-state index contributed by atoms with van der Waals surface area (Å²) in [6, 6.07) is 3.49. The minimum Gasteiger partial charge on any atom is -0.480 e. The number of Topliss-reactive ketones (excluding diaryl/α,β-unsaturated/α-hetero) is 1. The summed E-state index contributed by atoms with van der Waals surface area (Å²) >= 11 is 0. The minimum atomic E-state index is -1.10. The van der Waals surface area contributed by atoms with Crippen molar-refractivity contribution in [1.29, 1.82) is 0 Å². The number of carbonyl (C=O) groups excluding carboxylic acids is 1. The number of aromatic nitrogens is 2. The molecule has 0 spiro atoms. The lowest BCUT2D eigenvalue weighted by atomic mass is 10.1. The van der Waals surface area contributed by atoms with Gasteiger partial charge < -0.3 is 14.8 Å². The highest BCUT2D eigenvalue weighted by Gasteiger charge is 2.12. The Labute approximate surface area is 96.2 Å². The van der Waals surface area contributed by atoms with E-state index in [2.05, 4.69) is 9.97 Å². The van der Waals surface area contributed by atoms with Crippen LogP contribution in [0.5, 0.6) is 0 Å². The van der Waals surface area contributed by atoms with E-state index in [9.17, 15) is 9.59 Å². The van der Waals surface area contributed by atoms with Gasteiger partial charge in [0.2, 0.25) is 0 Å². The molecular weight excluding hydrogens is 224 g/mol. The van der Waals surface area contributed by atoms with Gasteiger partial charge in [-0.05, 0) is 12.1 Å². The quantitative estimate of drug-likeness (QED) is 0.748. The first-order valence-corrected chi connectivity index (χ1v) is 4.93. The van der Waals surface area contributed by atoms with Crippen LogP contribution in [0.25, 0.3) is 11.0 Å². The van der Waals surface area contributed by atoms with Gasteiger partial charge in [-0.25, -0.2) is 9.78 Å². The fourth-order valence-corrected chi connectivity index (χ4v) is 1.50. The van der Waals surface area contributed by atoms with Crippen LogP contribution in [0, 0.1) is 0 Å². The molecule has 0 radical (unpaired) electrons. The van der Waals surface area contributed by atoms with Crippen LogP contribution in [0.15, 0.2) is 24.5 Å². The molecule has 0 amide bonds. The number of fused-ring (bicyclic) bond motifs is 1. The van der Waals surface area contributed by atoms with Gasteiger partial charge >= 0.3 is 5.97 Å². The molecule has 0 saturated carbocycles. The van der Waals surface area contributed by atoms with Crippen molar-refractivity contribution in [1.82, 2.24) is 9.97 Å². The Morgan fingerprint density at radius 2 is 2.24 bits per heavy atom. The van der Waals surface area contributed by atoms with Gasteiger partial charge in [-0.3, -0.25) is 4.79 Å². The smallest absolute Gasteiger partial charge is 0.329 e. The molecule has 2 N–H and O–H groups in total. The molecule has 6 heteroatoms. The monoisotopic (exact) mass is 234 g/mol. The van der Waals surface area contributed by atoms with Crippen LogP contribution in [-0.4, -0.2) is 40.0 Å². The van der Waals surface area contributed by atoms with Crippen LogP contribution in [0.3, 0.4) is 0 Å². The molecule has 0 atom stereocenters. The number of hydrogen-bond donors (Lipinski definition) is 2. The van der Waals surface area contributed by atoms with Crippen molar-refractivity contribution >= 4 is 22.8 Å². The predicted octanol–water partition coefficient (Wildman–Crippen LogP) is 0.847. The van der Waals surface area contributed by atoms with Gasteiger partial charge in [0.05, 0.1) is 0 Å². The van der Waals surface area contributed by atoms with Crippen molar-refractivity contribution in [2.45, 2.75) is 0 Å². The Bertz CT molecular complexity index is 561. The molecule has 2 aromatic rings. The molecule has 2 aromatic heterocycles. The third-order valence-corrected chi connectivity index (χ3v) is 2.21. The van der Waals surface area contributed by atoms with Crippen LogP contribution in [0.2, 0.25) is 0 Å². The van der Waals surface area contributed by atoms with E-state index in [1.165, 1.54) is 0 Å². The topological polar surface area (TPSA) is 92.3 Å². The minimum absolute atomic E-state index is 0.256. The maximum absolute atomic E-state index is 11.7. The van der Waals surface area contributed by atoms with Gasteiger partial charge in [-0.1, -0.05) is 0 Å². The number of aromatic amines is 1. The second-order valence-electron chi connectivity index (χ2n) is 3.41. The van der Waals surface area contributed by atoms with E-state index in [-0.39, 0.29) is 12.4 Å². The number of aliphatic carboxylic acids is 1. The molecule has 2 rings (SSSR count). The number of carboxylic acid groups (broad SMARTS) is 1. The number of H-pyrrole nitrogens is 1. The Balaban J connectivity index is 2.11. The van der Waals surface area contributed by atoms with Crippen molar-refractivity contribution in [2.24, 2.45) is 0 Å². The lowest BCUT2D eigenvalue weighted by Crippen LogP contribution is -2.14. The standard InChI is InChI=1S/C11H10N2O4/c14-9(5-17-6-10(15)16)8-4-13-11-7(8)2-1-3-12-11/h1-4H,5-6H2,(H,12,13)(H,15,16). The van der Waals surface area contributed by atoms with E-state index in [1.807, 2.05) is 0 Å². The van der Waals surface area contributed by atoms with Crippen molar-refractivity contribution in [3.63, 3.8) is 0 Å². The van der Waals surface area contributed by atoms with Gasteiger partial charge in [0.1, 0.15) is 18.9 Å². The first kappa shape index (κ1) is 11.3. The average Bonchev–Trinajstić information content (AvgIpc) is 2.72. The average molecular weight is 234 g/mol. The predicted molar refractivity (Wildman–Crippen MR) is 58.9 cm³/mol. The molecule has 17 heavy (non-hydrogen) atoms. The van der Waals surface area contributed by atoms with Gasteiger partial charge in [-0.2, -0.15) is 0 Å². The summed E-state index contributed by atoms with van der Waals surface area (Å²) in [7, 11) is 0. The molecule has 88 valence electrons. The van der Waals surface area contributed by atoms with E-state index >= 15 is 0 Å². The number of carbonyl (C=O) groups is 2. The van der Waals surface area contributed by atoms with Gasteiger partial charge in [0.25, 0.3) is 0 Å². The number of carboxylic acids is 1. The summed E-state index contributed by atoms with van der Waals surface area (Å²) in [5.41, 5.74) is 1.08. The van der Waals surface area contributed by atoms with E-state index in [4.69, 9.17) is 9.84 Å². The summed E-state index contributed by atoms with van der Waals surface area (Å²) in [6.45, 7) is -0.736. The van der Waals surface area contributed by atoms with Crippen LogP contribution in [0.1, 0.15) is 10.4 Å². The van der Waals surface area contributed by atoms with E-state index < -0.39 is 12.6 Å². The number of ether oxygens (including phenoxy) is 1. The second kappa shape index (κ2) is 4.75. The van der Waals surface area contributed by atoms with Crippen LogP contribution < -0.4 is 0 Å². The fourth-order valence-electron chi connectivity index (χ4n) is 1.50. The lowest BCUT2D eigenvalue weighted by molar-refractivity contribution is -0.141. The second-order valence-corrected chi connectivity index (χ2v) is 3.41. The van der Waals surface area contributed by atoms with Crippen LogP contribution >= 0.6 is 0 Å². The van der Waals surface area contributed by atoms with Crippen LogP contribution in [-0.2, 0) is 9.53 Å². The molecular formula is C11H10N2O4. The fraction of sp³-hybridized carbons (Fsp3) is 0.182. The number of nitrogens with zero attached hydrogens (tertiary/aromatic N) is 1. The lowest BCUT2D eigenvalue weighted by Gasteiger charge is -1.99. The van der Waals surface area contributed by atoms with Gasteiger partial charge in [0.15, 0.2) is 5.78 Å². The Kier molecular flexibility index (Phi) is 3.15. The summed E-state index contributed by atoms with van der Waals surface area (Å²) in [4.78, 5) is 28.9. The number of nitrogens with one attached hydrogen (secondary N) is 1. The molecule has 0 bridgehead atoms. The maximum atomic E-state index is 11.7. The molecule has 0 aliphatic heterocycles. The molecule has 0 aliphatic rings. The van der Waals surface area contributed by atoms with Crippen molar-refractivity contribution in [2.75, 3.05) is 13.2 Å². The first-order valence-electron chi connectivity index (χ1n) is 4.93. The van der Waals surface area contributed by atoms with E-state index in [0.29, 0.717) is 16.6 Å². The maximum Gasteiger partial charge on any atom is 0.329 e. The number of pyridine rings is 1. The Morgan fingerprint density at radius 3 is 3.00 bits per heavy atom. The number of ketones is 1. The number of hydrogen-bond acceptors (Lipinski definition) is 4. The first-order chi connectivity index (χ1) is 8.18. The summed E-state index contributed by atoms with van der Waals surface area (Å²) in [6.07, 6.45) is 3.16. The van der Waals surface area contributed by atoms with Gasteiger partial charge in [0, 0.05) is 23.3 Å². The summed E-state index contributed by atoms with van der Waals surface area (Å²) in [5.74, 6) is -1.37. The molecule has 0 aromatic carbocycles. The zero-order chi connectivity index (χ0) is 12.3. The van der Waals surface area contributed by atoms with Crippen molar-refractivity contribution in [3.8, 4) is 0 Å². The molecule has 6 nitrogen and oxygen atoms in total. The van der Waals surface area contributed by atoms with Crippen molar-refractivity contribution < 1.29 is 19.4 Å². The zero-order valence-corrected chi connectivity index (χ0v) is 8.84. The highest BCUT2D eigenvalue weighted by molar-refractivity contribution is 6.07. The Morgan fingerprint density at radius 1 is 1.41 bits per heavy atom. The zero-order valence-electron chi connectivity index (χ0n) is 8.84. The summed E-state index contributed by atoms with van der Waals surface area (Å²) < 4.78 is 4.75. The van der Waals surface area contributed by atoms with E-state index in [1.54, 1.807) is 24.5 Å². The van der Waals surface area contributed by atoms with E-state index in [0.717, 1.165) is 0 Å². The SMILES string of the molecule is O=C(O)COCC(=O)c1c[nH]c2ncccc12. The largest absolute Gasteiger partial charge is 0.480 e. The molecule has 0 saturated heterocycles. The highest BCUT2D eigenvalue weighted by atomic mass is 16.5. The van der Waals surface area contributed by atoms with Gasteiger partial charge in [-0.15, -0.1) is 0 Å². The summed E-state index contributed by atoms with van der Waals surface area (Å²) in [5, 5.41) is 9.08. The molecule has 0 aliphatic carbocycles. The normalized spacial score (nSPS) is 10.6. The van der Waals surface area contributed by atoms with Crippen molar-refractivity contribution in [3.05, 3.63) is 30.1 Å². The Hall–Kier alpha value is -2.21. The number of rotatable bonds is 5.